The molecule has 5 rings (SSSR count). The molecule has 2 aromatic heterocycles. The van der Waals surface area contributed by atoms with E-state index in [2.05, 4.69) is 38.3 Å². The number of likely N-dealkylation sites (N-methyl/N-ethyl adjacent to an activating group) is 1. The number of rotatable bonds is 8. The molecule has 0 saturated carbocycles. The van der Waals surface area contributed by atoms with Crippen molar-refractivity contribution in [2.24, 2.45) is 0 Å². The number of benzene rings is 2. The first-order valence-corrected chi connectivity index (χ1v) is 12.7. The minimum atomic E-state index is -0.0740. The number of halogens is 1. The Bertz CT molecular complexity index is 1500. The molecule has 1 atom stereocenters. The van der Waals surface area contributed by atoms with Crippen LogP contribution in [0.1, 0.15) is 33.6 Å². The van der Waals surface area contributed by atoms with Gasteiger partial charge in [0.05, 0.1) is 19.0 Å². The number of nitriles is 1. The molecule has 9 nitrogen and oxygen atoms in total. The van der Waals surface area contributed by atoms with Crippen LogP contribution in [-0.2, 0) is 13.1 Å². The minimum Gasteiger partial charge on any atom is -0.497 e. The summed E-state index contributed by atoms with van der Waals surface area (Å²) in [5.41, 5.74) is 4.16. The van der Waals surface area contributed by atoms with Crippen molar-refractivity contribution in [2.45, 2.75) is 25.6 Å². The second-order valence-corrected chi connectivity index (χ2v) is 9.86. The zero-order valence-electron chi connectivity index (χ0n) is 21.3. The molecule has 0 bridgehead atoms. The number of hydrogen-bond acceptors (Lipinski definition) is 7. The Morgan fingerprint density at radius 1 is 1.21 bits per heavy atom. The molecule has 1 aliphatic heterocycles. The van der Waals surface area contributed by atoms with E-state index in [4.69, 9.17) is 16.3 Å². The molecule has 10 heteroatoms. The summed E-state index contributed by atoms with van der Waals surface area (Å²) in [5.74, 6) is 0.698. The molecule has 38 heavy (non-hydrogen) atoms. The summed E-state index contributed by atoms with van der Waals surface area (Å²) in [6.45, 7) is 2.84. The van der Waals surface area contributed by atoms with Crippen molar-refractivity contribution < 1.29 is 9.53 Å². The van der Waals surface area contributed by atoms with Crippen LogP contribution in [0.2, 0.25) is 5.15 Å². The van der Waals surface area contributed by atoms with Crippen LogP contribution in [0.4, 0.5) is 5.69 Å². The minimum absolute atomic E-state index is 0.0740. The molecule has 0 spiro atoms. The number of anilines is 1. The SMILES string of the molecule is COc1ccc(CN(Cc2cccc(C(=O)NC3CCN(C)C3)c2)c2cc(Cl)nn3c(C#N)cnc23)cc1. The number of carbonyl (C=O) groups is 1. The Labute approximate surface area is 226 Å². The standard InChI is InChI=1S/C28H28ClN7O2/c1-34-11-10-22(18-34)32-28(37)21-5-3-4-20(12-21)17-35(16-19-6-8-24(38-2)9-7-19)25-13-26(29)33-36-23(14-30)15-31-27(25)36/h3-9,12-13,15,22H,10-11,16-18H2,1-2H3,(H,32,37). The molecule has 1 unspecified atom stereocenters. The molecular weight excluding hydrogens is 502 g/mol. The Kier molecular flexibility index (Phi) is 7.45. The predicted molar refractivity (Wildman–Crippen MR) is 145 cm³/mol. The fourth-order valence-electron chi connectivity index (χ4n) is 4.76. The van der Waals surface area contributed by atoms with E-state index in [-0.39, 0.29) is 17.1 Å². The lowest BCUT2D eigenvalue weighted by Crippen LogP contribution is -2.36. The third-order valence-electron chi connectivity index (χ3n) is 6.70. The summed E-state index contributed by atoms with van der Waals surface area (Å²) in [7, 11) is 3.70. The van der Waals surface area contributed by atoms with E-state index in [1.165, 1.54) is 10.7 Å². The van der Waals surface area contributed by atoms with Crippen molar-refractivity contribution in [3.05, 3.63) is 88.3 Å². The molecule has 1 saturated heterocycles. The number of nitrogens with zero attached hydrogens (tertiary/aromatic N) is 6. The normalized spacial score (nSPS) is 15.4. The maximum atomic E-state index is 13.0. The highest BCUT2D eigenvalue weighted by molar-refractivity contribution is 6.29. The van der Waals surface area contributed by atoms with Gasteiger partial charge in [0, 0.05) is 37.3 Å². The second kappa shape index (κ2) is 11.1. The van der Waals surface area contributed by atoms with Gasteiger partial charge in [-0.25, -0.2) is 4.98 Å². The van der Waals surface area contributed by atoms with Gasteiger partial charge in [-0.2, -0.15) is 14.9 Å². The lowest BCUT2D eigenvalue weighted by atomic mass is 10.1. The number of aromatic nitrogens is 3. The van der Waals surface area contributed by atoms with Gasteiger partial charge in [-0.3, -0.25) is 4.79 Å². The topological polar surface area (TPSA) is 98.8 Å². The number of likely N-dealkylation sites (tertiary alicyclic amines) is 1. The van der Waals surface area contributed by atoms with E-state index in [1.54, 1.807) is 13.2 Å². The van der Waals surface area contributed by atoms with Crippen molar-refractivity contribution in [1.29, 1.82) is 5.26 Å². The Morgan fingerprint density at radius 3 is 2.71 bits per heavy atom. The van der Waals surface area contributed by atoms with Crippen molar-refractivity contribution in [3.8, 4) is 11.8 Å². The molecule has 1 N–H and O–H groups in total. The quantitative estimate of drug-likeness (QED) is 0.369. The van der Waals surface area contributed by atoms with Crippen LogP contribution in [0.5, 0.6) is 5.75 Å². The van der Waals surface area contributed by atoms with Gasteiger partial charge in [0.15, 0.2) is 16.5 Å². The van der Waals surface area contributed by atoms with Crippen LogP contribution in [-0.4, -0.2) is 58.7 Å². The maximum Gasteiger partial charge on any atom is 0.251 e. The second-order valence-electron chi connectivity index (χ2n) is 9.47. The summed E-state index contributed by atoms with van der Waals surface area (Å²) in [4.78, 5) is 21.8. The molecule has 1 amide bonds. The Balaban J connectivity index is 1.47. The summed E-state index contributed by atoms with van der Waals surface area (Å²) >= 11 is 6.39. The van der Waals surface area contributed by atoms with Crippen LogP contribution in [0.25, 0.3) is 5.65 Å². The summed E-state index contributed by atoms with van der Waals surface area (Å²) in [6.07, 6.45) is 2.44. The molecule has 1 aliphatic rings. The van der Waals surface area contributed by atoms with Gasteiger partial charge in [0.1, 0.15) is 11.8 Å². The summed E-state index contributed by atoms with van der Waals surface area (Å²) in [5, 5.41) is 17.2. The molecule has 194 valence electrons. The molecule has 3 heterocycles. The van der Waals surface area contributed by atoms with E-state index in [0.29, 0.717) is 30.0 Å². The van der Waals surface area contributed by atoms with Crippen LogP contribution in [0.3, 0.4) is 0 Å². The summed E-state index contributed by atoms with van der Waals surface area (Å²) < 4.78 is 6.77. The number of imidazole rings is 1. The number of amides is 1. The average Bonchev–Trinajstić information content (AvgIpc) is 3.53. The van der Waals surface area contributed by atoms with Crippen molar-refractivity contribution in [3.63, 3.8) is 0 Å². The molecule has 1 fully saturated rings. The number of nitrogens with one attached hydrogen (secondary N) is 1. The first kappa shape index (κ1) is 25.5. The van der Waals surface area contributed by atoms with Gasteiger partial charge in [-0.15, -0.1) is 0 Å². The first-order chi connectivity index (χ1) is 18.4. The van der Waals surface area contributed by atoms with Crippen molar-refractivity contribution in [2.75, 3.05) is 32.1 Å². The predicted octanol–water partition coefficient (Wildman–Crippen LogP) is 3.90. The van der Waals surface area contributed by atoms with Gasteiger partial charge in [0.2, 0.25) is 0 Å². The van der Waals surface area contributed by atoms with Gasteiger partial charge >= 0.3 is 0 Å². The zero-order chi connectivity index (χ0) is 26.6. The van der Waals surface area contributed by atoms with Gasteiger partial charge in [0.25, 0.3) is 5.91 Å². The number of methoxy groups -OCH3 is 1. The van der Waals surface area contributed by atoms with Gasteiger partial charge in [-0.1, -0.05) is 35.9 Å². The molecule has 0 aliphatic carbocycles. The highest BCUT2D eigenvalue weighted by atomic mass is 35.5. The van der Waals surface area contributed by atoms with Crippen LogP contribution in [0.15, 0.2) is 60.8 Å². The van der Waals surface area contributed by atoms with E-state index in [9.17, 15) is 10.1 Å². The first-order valence-electron chi connectivity index (χ1n) is 12.3. The highest BCUT2D eigenvalue weighted by Gasteiger charge is 2.22. The number of ether oxygens (including phenoxy) is 1. The third kappa shape index (κ3) is 5.57. The lowest BCUT2D eigenvalue weighted by Gasteiger charge is -2.26. The molecule has 4 aromatic rings. The summed E-state index contributed by atoms with van der Waals surface area (Å²) in [6, 6.07) is 19.5. The number of hydrogen-bond donors (Lipinski definition) is 1. The molecular formula is C28H28ClN7O2. The molecule has 2 aromatic carbocycles. The lowest BCUT2D eigenvalue weighted by molar-refractivity contribution is 0.0938. The van der Waals surface area contributed by atoms with Crippen molar-refractivity contribution in [1.82, 2.24) is 24.8 Å². The van der Waals surface area contributed by atoms with Crippen LogP contribution >= 0.6 is 11.6 Å². The largest absolute Gasteiger partial charge is 0.497 e. The maximum absolute atomic E-state index is 13.0. The van der Waals surface area contributed by atoms with E-state index < -0.39 is 0 Å². The van der Waals surface area contributed by atoms with Gasteiger partial charge in [-0.05, 0) is 55.4 Å². The van der Waals surface area contributed by atoms with Crippen LogP contribution in [0, 0.1) is 11.3 Å². The number of fused-ring (bicyclic) bond motifs is 1. The fourth-order valence-corrected chi connectivity index (χ4v) is 4.94. The van der Waals surface area contributed by atoms with Crippen LogP contribution < -0.4 is 15.0 Å². The smallest absolute Gasteiger partial charge is 0.251 e. The van der Waals surface area contributed by atoms with E-state index in [1.807, 2.05) is 48.5 Å². The van der Waals surface area contributed by atoms with Crippen molar-refractivity contribution >= 4 is 28.8 Å². The highest BCUT2D eigenvalue weighted by Crippen LogP contribution is 2.28. The Morgan fingerprint density at radius 2 is 2.00 bits per heavy atom. The van der Waals surface area contributed by atoms with E-state index in [0.717, 1.165) is 42.1 Å². The monoisotopic (exact) mass is 529 g/mol. The Hall–Kier alpha value is -4.13. The van der Waals surface area contributed by atoms with Gasteiger partial charge < -0.3 is 19.9 Å². The number of carbonyl (C=O) groups excluding carboxylic acids is 1. The van der Waals surface area contributed by atoms with E-state index >= 15 is 0 Å². The average molecular weight is 530 g/mol. The molecule has 0 radical (unpaired) electrons. The third-order valence-corrected chi connectivity index (χ3v) is 6.88. The fraction of sp³-hybridized carbons (Fsp3) is 0.286. The zero-order valence-corrected chi connectivity index (χ0v) is 22.0.